The Hall–Kier alpha value is -2.40. The molecular formula is C20H25N3O2. The first kappa shape index (κ1) is 17.4. The summed E-state index contributed by atoms with van der Waals surface area (Å²) in [6, 6.07) is 8.62. The standard InChI is InChI=1S/C20H25N3O2/c1-15-4-3-5-16(10-15)11-17-8-9-23(13-19(17)25-2)20(24)7-6-18-12-21-14-22-18/h3-7,10,12,14,17,19H,8-9,11,13H2,1-2H3,(H,21,22)/b7-6+/t17-,19-/m1/s1. The smallest absolute Gasteiger partial charge is 0.246 e. The molecule has 1 aliphatic heterocycles. The van der Waals surface area contributed by atoms with E-state index >= 15 is 0 Å². The van der Waals surface area contributed by atoms with Crippen molar-refractivity contribution in [3.8, 4) is 0 Å². The van der Waals surface area contributed by atoms with Crippen molar-refractivity contribution >= 4 is 12.0 Å². The van der Waals surface area contributed by atoms with E-state index in [1.165, 1.54) is 11.1 Å². The fourth-order valence-electron chi connectivity index (χ4n) is 3.43. The minimum absolute atomic E-state index is 0.0191. The largest absolute Gasteiger partial charge is 0.379 e. The molecule has 0 saturated carbocycles. The Labute approximate surface area is 148 Å². The van der Waals surface area contributed by atoms with E-state index in [0.29, 0.717) is 12.5 Å². The highest BCUT2D eigenvalue weighted by Crippen LogP contribution is 2.25. The minimum atomic E-state index is 0.0191. The van der Waals surface area contributed by atoms with Gasteiger partial charge in [0.05, 0.1) is 24.3 Å². The summed E-state index contributed by atoms with van der Waals surface area (Å²) in [5.41, 5.74) is 3.44. The number of carbonyl (C=O) groups excluding carboxylic acids is 1. The molecule has 1 saturated heterocycles. The average molecular weight is 339 g/mol. The van der Waals surface area contributed by atoms with E-state index < -0.39 is 0 Å². The van der Waals surface area contributed by atoms with Crippen molar-refractivity contribution in [3.05, 3.63) is 59.7 Å². The number of piperidine rings is 1. The summed E-state index contributed by atoms with van der Waals surface area (Å²) in [7, 11) is 1.74. The number of likely N-dealkylation sites (tertiary alicyclic amines) is 1. The van der Waals surface area contributed by atoms with Crippen LogP contribution < -0.4 is 0 Å². The lowest BCUT2D eigenvalue weighted by Crippen LogP contribution is -2.47. The van der Waals surface area contributed by atoms with Crippen molar-refractivity contribution in [2.45, 2.75) is 25.9 Å². The second-order valence-corrected chi connectivity index (χ2v) is 6.64. The minimum Gasteiger partial charge on any atom is -0.379 e. The number of rotatable bonds is 5. The quantitative estimate of drug-likeness (QED) is 0.852. The van der Waals surface area contributed by atoms with Gasteiger partial charge >= 0.3 is 0 Å². The number of ether oxygens (including phenoxy) is 1. The van der Waals surface area contributed by atoms with Gasteiger partial charge in [-0.3, -0.25) is 4.79 Å². The Morgan fingerprint density at radius 1 is 1.48 bits per heavy atom. The second kappa shape index (κ2) is 8.12. The predicted octanol–water partition coefficient (Wildman–Crippen LogP) is 2.84. The summed E-state index contributed by atoms with van der Waals surface area (Å²) < 4.78 is 5.70. The normalized spacial score (nSPS) is 21.0. The van der Waals surface area contributed by atoms with E-state index in [1.54, 1.807) is 31.8 Å². The molecule has 2 aromatic rings. The molecule has 2 heterocycles. The summed E-state index contributed by atoms with van der Waals surface area (Å²) in [6.07, 6.45) is 8.66. The van der Waals surface area contributed by atoms with Crippen molar-refractivity contribution in [1.29, 1.82) is 0 Å². The molecule has 1 aliphatic rings. The van der Waals surface area contributed by atoms with E-state index in [0.717, 1.165) is 25.1 Å². The fraction of sp³-hybridized carbons (Fsp3) is 0.400. The van der Waals surface area contributed by atoms with Crippen LogP contribution in [0.15, 0.2) is 42.9 Å². The number of H-pyrrole nitrogens is 1. The lowest BCUT2D eigenvalue weighted by molar-refractivity contribution is -0.131. The van der Waals surface area contributed by atoms with Gasteiger partial charge in [-0.1, -0.05) is 29.8 Å². The molecule has 0 aliphatic carbocycles. The van der Waals surface area contributed by atoms with Crippen LogP contribution >= 0.6 is 0 Å². The highest BCUT2D eigenvalue weighted by molar-refractivity contribution is 5.91. The topological polar surface area (TPSA) is 58.2 Å². The maximum absolute atomic E-state index is 12.4. The Bertz CT molecular complexity index is 724. The first-order valence-electron chi connectivity index (χ1n) is 8.69. The predicted molar refractivity (Wildman–Crippen MR) is 98.0 cm³/mol. The Balaban J connectivity index is 1.60. The molecule has 5 heteroatoms. The summed E-state index contributed by atoms with van der Waals surface area (Å²) in [4.78, 5) is 21.2. The van der Waals surface area contributed by atoms with Crippen LogP contribution in [0.3, 0.4) is 0 Å². The number of methoxy groups -OCH3 is 1. The number of aromatic nitrogens is 2. The van der Waals surface area contributed by atoms with Crippen LogP contribution in [-0.2, 0) is 16.0 Å². The highest BCUT2D eigenvalue weighted by atomic mass is 16.5. The number of amides is 1. The molecule has 3 rings (SSSR count). The third-order valence-corrected chi connectivity index (χ3v) is 4.82. The van der Waals surface area contributed by atoms with Gasteiger partial charge in [-0.15, -0.1) is 0 Å². The van der Waals surface area contributed by atoms with Gasteiger partial charge in [0.25, 0.3) is 0 Å². The molecule has 1 amide bonds. The molecule has 25 heavy (non-hydrogen) atoms. The zero-order valence-electron chi connectivity index (χ0n) is 14.8. The van der Waals surface area contributed by atoms with Crippen LogP contribution in [0.5, 0.6) is 0 Å². The number of aromatic amines is 1. The van der Waals surface area contributed by atoms with Gasteiger partial charge in [-0.2, -0.15) is 0 Å². The summed E-state index contributed by atoms with van der Waals surface area (Å²) in [5.74, 6) is 0.457. The molecule has 0 radical (unpaired) electrons. The molecule has 0 bridgehead atoms. The van der Waals surface area contributed by atoms with Gasteiger partial charge in [0.15, 0.2) is 0 Å². The molecule has 0 unspecified atom stereocenters. The Kier molecular flexibility index (Phi) is 5.66. The summed E-state index contributed by atoms with van der Waals surface area (Å²) in [6.45, 7) is 3.52. The Morgan fingerprint density at radius 2 is 2.36 bits per heavy atom. The van der Waals surface area contributed by atoms with Gasteiger partial charge in [0, 0.05) is 26.3 Å². The molecule has 1 aromatic carbocycles. The lowest BCUT2D eigenvalue weighted by atomic mass is 9.87. The number of aryl methyl sites for hydroxylation is 1. The van der Waals surface area contributed by atoms with Crippen molar-refractivity contribution < 1.29 is 9.53 Å². The molecule has 2 atom stereocenters. The van der Waals surface area contributed by atoms with Crippen molar-refractivity contribution in [3.63, 3.8) is 0 Å². The second-order valence-electron chi connectivity index (χ2n) is 6.64. The van der Waals surface area contributed by atoms with Gasteiger partial charge in [-0.05, 0) is 37.3 Å². The van der Waals surface area contributed by atoms with Crippen LogP contribution in [0.1, 0.15) is 23.2 Å². The van der Waals surface area contributed by atoms with Crippen LogP contribution in [0, 0.1) is 12.8 Å². The first-order chi connectivity index (χ1) is 12.2. The van der Waals surface area contributed by atoms with E-state index in [-0.39, 0.29) is 12.0 Å². The summed E-state index contributed by atoms with van der Waals surface area (Å²) in [5, 5.41) is 0. The highest BCUT2D eigenvalue weighted by Gasteiger charge is 2.30. The van der Waals surface area contributed by atoms with Gasteiger partial charge < -0.3 is 14.6 Å². The van der Waals surface area contributed by atoms with Crippen molar-refractivity contribution in [2.75, 3.05) is 20.2 Å². The third kappa shape index (κ3) is 4.57. The van der Waals surface area contributed by atoms with E-state index in [9.17, 15) is 4.79 Å². The first-order valence-corrected chi connectivity index (χ1v) is 8.69. The Morgan fingerprint density at radius 3 is 3.08 bits per heavy atom. The number of imidazole rings is 1. The van der Waals surface area contributed by atoms with Crippen LogP contribution in [0.25, 0.3) is 6.08 Å². The van der Waals surface area contributed by atoms with Crippen LogP contribution in [0.4, 0.5) is 0 Å². The number of hydrogen-bond acceptors (Lipinski definition) is 3. The third-order valence-electron chi connectivity index (χ3n) is 4.82. The van der Waals surface area contributed by atoms with Crippen LogP contribution in [0.2, 0.25) is 0 Å². The van der Waals surface area contributed by atoms with Crippen molar-refractivity contribution in [1.82, 2.24) is 14.9 Å². The monoisotopic (exact) mass is 339 g/mol. The number of carbonyl (C=O) groups is 1. The molecule has 132 valence electrons. The number of nitrogens with zero attached hydrogens (tertiary/aromatic N) is 2. The zero-order valence-corrected chi connectivity index (χ0v) is 14.8. The lowest BCUT2D eigenvalue weighted by Gasteiger charge is -2.37. The summed E-state index contributed by atoms with van der Waals surface area (Å²) >= 11 is 0. The average Bonchev–Trinajstić information content (AvgIpc) is 3.13. The SMILES string of the molecule is CO[C@@H]1CN(C(=O)/C=C/c2cnc[nH]2)CC[C@@H]1Cc1cccc(C)c1. The van der Waals surface area contributed by atoms with Gasteiger partial charge in [-0.25, -0.2) is 4.98 Å². The molecule has 5 nitrogen and oxygen atoms in total. The molecule has 1 N–H and O–H groups in total. The van der Waals surface area contributed by atoms with Gasteiger partial charge in [0.1, 0.15) is 0 Å². The molecular weight excluding hydrogens is 314 g/mol. The van der Waals surface area contributed by atoms with E-state index in [4.69, 9.17) is 4.74 Å². The van der Waals surface area contributed by atoms with Gasteiger partial charge in [0.2, 0.25) is 5.91 Å². The maximum Gasteiger partial charge on any atom is 0.246 e. The molecule has 0 spiro atoms. The van der Waals surface area contributed by atoms with E-state index in [1.807, 2.05) is 4.90 Å². The van der Waals surface area contributed by atoms with Crippen LogP contribution in [-0.4, -0.2) is 47.1 Å². The number of nitrogens with one attached hydrogen (secondary N) is 1. The van der Waals surface area contributed by atoms with E-state index in [2.05, 4.69) is 41.2 Å². The molecule has 1 aromatic heterocycles. The fourth-order valence-corrected chi connectivity index (χ4v) is 3.43. The molecule has 1 fully saturated rings. The number of benzene rings is 1. The zero-order chi connectivity index (χ0) is 17.6. The van der Waals surface area contributed by atoms with Crippen molar-refractivity contribution in [2.24, 2.45) is 5.92 Å². The number of hydrogen-bond donors (Lipinski definition) is 1. The maximum atomic E-state index is 12.4.